The Kier molecular flexibility index (Phi) is 18.1. The van der Waals surface area contributed by atoms with Crippen LogP contribution in [0.25, 0.3) is 0 Å². The number of amides is 2. The topological polar surface area (TPSA) is 76.7 Å². The fourth-order valence-electron chi connectivity index (χ4n) is 4.51. The Morgan fingerprint density at radius 3 is 1.10 bits per heavy atom. The molecule has 0 fully saturated rings. The number of nitrogens with one attached hydrogen (secondary N) is 2. The maximum absolute atomic E-state index is 12.4. The number of benzene rings is 2. The average Bonchev–Trinajstić information content (AvgIpc) is 2.98. The van der Waals surface area contributed by atoms with Crippen LogP contribution in [0.2, 0.25) is 0 Å². The van der Waals surface area contributed by atoms with Gasteiger partial charge in [-0.2, -0.15) is 0 Å². The predicted octanol–water partition coefficient (Wildman–Crippen LogP) is 8.80. The highest BCUT2D eigenvalue weighted by atomic mass is 16.5. The summed E-state index contributed by atoms with van der Waals surface area (Å²) in [6, 6.07) is 13.9. The number of hydrazine groups is 1. The van der Waals surface area contributed by atoms with Crippen molar-refractivity contribution in [2.75, 3.05) is 13.2 Å². The highest BCUT2D eigenvalue weighted by molar-refractivity contribution is 5.99. The third-order valence-corrected chi connectivity index (χ3v) is 7.06. The molecule has 0 saturated carbocycles. The monoisotopic (exact) mass is 552 g/mol. The van der Waals surface area contributed by atoms with Crippen molar-refractivity contribution in [1.82, 2.24) is 10.9 Å². The molecule has 0 aliphatic carbocycles. The van der Waals surface area contributed by atoms with E-state index in [1.807, 2.05) is 0 Å². The summed E-state index contributed by atoms with van der Waals surface area (Å²) >= 11 is 0. The van der Waals surface area contributed by atoms with Gasteiger partial charge in [0.05, 0.1) is 13.2 Å². The zero-order chi connectivity index (χ0) is 28.7. The fraction of sp³-hybridized carbons (Fsp3) is 0.588. The molecule has 2 aromatic rings. The fourth-order valence-corrected chi connectivity index (χ4v) is 4.51. The van der Waals surface area contributed by atoms with E-state index < -0.39 is 0 Å². The number of hydrogen-bond acceptors (Lipinski definition) is 4. The van der Waals surface area contributed by atoms with Gasteiger partial charge in [0, 0.05) is 11.1 Å². The van der Waals surface area contributed by atoms with Gasteiger partial charge in [0.1, 0.15) is 11.5 Å². The lowest BCUT2D eigenvalue weighted by Gasteiger charge is -2.10. The Labute approximate surface area is 242 Å². The molecule has 2 N–H and O–H groups in total. The average molecular weight is 553 g/mol. The van der Waals surface area contributed by atoms with Crippen LogP contribution in [-0.2, 0) is 0 Å². The van der Waals surface area contributed by atoms with Gasteiger partial charge in [-0.25, -0.2) is 0 Å². The van der Waals surface area contributed by atoms with Gasteiger partial charge in [0.15, 0.2) is 0 Å². The van der Waals surface area contributed by atoms with Crippen molar-refractivity contribution >= 4 is 11.8 Å². The quantitative estimate of drug-likeness (QED) is 0.113. The first-order valence-electron chi connectivity index (χ1n) is 15.7. The molecule has 6 nitrogen and oxygen atoms in total. The van der Waals surface area contributed by atoms with Gasteiger partial charge in [0.25, 0.3) is 11.8 Å². The minimum absolute atomic E-state index is 0.381. The summed E-state index contributed by atoms with van der Waals surface area (Å²) < 4.78 is 11.6. The van der Waals surface area contributed by atoms with Crippen LogP contribution >= 0.6 is 0 Å². The summed E-state index contributed by atoms with van der Waals surface area (Å²) in [5, 5.41) is 0. The van der Waals surface area contributed by atoms with Crippen LogP contribution in [0.4, 0.5) is 0 Å². The smallest absolute Gasteiger partial charge is 0.269 e. The van der Waals surface area contributed by atoms with Crippen molar-refractivity contribution in [3.05, 3.63) is 59.7 Å². The standard InChI is InChI=1S/C34H52N2O4/c1-3-5-7-9-11-13-15-17-27-39-31-23-19-29(20-24-31)33(37)35-36-34(38)30-21-25-32(26-22-30)40-28-18-16-14-12-10-8-6-4-2/h19-26H,3-18,27-28H2,1-2H3,(H,35,37)(H,36,38). The van der Waals surface area contributed by atoms with Gasteiger partial charge in [-0.1, -0.05) is 104 Å². The van der Waals surface area contributed by atoms with Gasteiger partial charge in [-0.3, -0.25) is 20.4 Å². The molecular formula is C34H52N2O4. The Morgan fingerprint density at radius 2 is 0.775 bits per heavy atom. The second kappa shape index (κ2) is 21.8. The van der Waals surface area contributed by atoms with E-state index in [0.29, 0.717) is 24.3 Å². The molecule has 2 rings (SSSR count). The molecule has 222 valence electrons. The predicted molar refractivity (Wildman–Crippen MR) is 164 cm³/mol. The molecule has 2 aromatic carbocycles. The number of hydrogen-bond donors (Lipinski definition) is 2. The summed E-state index contributed by atoms with van der Waals surface area (Å²) in [5.41, 5.74) is 5.85. The molecule has 0 aliphatic heterocycles. The second-order valence-electron chi connectivity index (χ2n) is 10.6. The molecule has 0 aromatic heterocycles. The van der Waals surface area contributed by atoms with Crippen molar-refractivity contribution in [3.63, 3.8) is 0 Å². The van der Waals surface area contributed by atoms with E-state index in [1.165, 1.54) is 89.9 Å². The largest absolute Gasteiger partial charge is 0.494 e. The minimum atomic E-state index is -0.381. The first-order chi connectivity index (χ1) is 19.6. The normalized spacial score (nSPS) is 10.8. The molecule has 0 heterocycles. The Morgan fingerprint density at radius 1 is 0.475 bits per heavy atom. The lowest BCUT2D eigenvalue weighted by atomic mass is 10.1. The summed E-state index contributed by atoms with van der Waals surface area (Å²) in [4.78, 5) is 24.9. The Bertz CT molecular complexity index is 850. The van der Waals surface area contributed by atoms with Crippen LogP contribution < -0.4 is 20.3 Å². The van der Waals surface area contributed by atoms with E-state index in [0.717, 1.165) is 24.3 Å². The number of carbonyl (C=O) groups excluding carboxylic acids is 2. The van der Waals surface area contributed by atoms with E-state index in [-0.39, 0.29) is 11.8 Å². The van der Waals surface area contributed by atoms with Crippen LogP contribution in [0.15, 0.2) is 48.5 Å². The number of ether oxygens (including phenoxy) is 2. The summed E-state index contributed by atoms with van der Waals surface area (Å²) in [6.07, 6.45) is 20.2. The third kappa shape index (κ3) is 14.9. The molecule has 0 unspecified atom stereocenters. The molecule has 40 heavy (non-hydrogen) atoms. The molecule has 2 amide bonds. The molecule has 0 spiro atoms. The zero-order valence-electron chi connectivity index (χ0n) is 25.0. The first-order valence-corrected chi connectivity index (χ1v) is 15.7. The number of carbonyl (C=O) groups is 2. The first kappa shape index (κ1) is 33.2. The zero-order valence-corrected chi connectivity index (χ0v) is 25.0. The summed E-state index contributed by atoms with van der Waals surface area (Å²) in [6.45, 7) is 5.84. The van der Waals surface area contributed by atoms with Crippen molar-refractivity contribution in [2.45, 2.75) is 117 Å². The highest BCUT2D eigenvalue weighted by Crippen LogP contribution is 2.15. The van der Waals surface area contributed by atoms with E-state index in [9.17, 15) is 9.59 Å². The summed E-state index contributed by atoms with van der Waals surface area (Å²) in [5.74, 6) is 0.725. The molecule has 0 radical (unpaired) electrons. The maximum Gasteiger partial charge on any atom is 0.269 e. The lowest BCUT2D eigenvalue weighted by molar-refractivity contribution is 0.0846. The molecule has 0 aliphatic rings. The van der Waals surface area contributed by atoms with Gasteiger partial charge in [-0.15, -0.1) is 0 Å². The third-order valence-electron chi connectivity index (χ3n) is 7.06. The van der Waals surface area contributed by atoms with Crippen molar-refractivity contribution in [3.8, 4) is 11.5 Å². The molecule has 6 heteroatoms. The van der Waals surface area contributed by atoms with E-state index in [2.05, 4.69) is 24.7 Å². The van der Waals surface area contributed by atoms with Crippen molar-refractivity contribution in [1.29, 1.82) is 0 Å². The van der Waals surface area contributed by atoms with Crippen molar-refractivity contribution < 1.29 is 19.1 Å². The molecule has 0 atom stereocenters. The van der Waals surface area contributed by atoms with E-state index in [4.69, 9.17) is 9.47 Å². The van der Waals surface area contributed by atoms with Crippen LogP contribution in [0, 0.1) is 0 Å². The van der Waals surface area contributed by atoms with Crippen LogP contribution in [0.1, 0.15) is 137 Å². The van der Waals surface area contributed by atoms with Gasteiger partial charge in [0.2, 0.25) is 0 Å². The summed E-state index contributed by atoms with van der Waals surface area (Å²) in [7, 11) is 0. The lowest BCUT2D eigenvalue weighted by Crippen LogP contribution is -2.41. The molecule has 0 saturated heterocycles. The second-order valence-corrected chi connectivity index (χ2v) is 10.6. The molecule has 0 bridgehead atoms. The Hall–Kier alpha value is -3.02. The minimum Gasteiger partial charge on any atom is -0.494 e. The Balaban J connectivity index is 1.58. The van der Waals surface area contributed by atoms with Crippen molar-refractivity contribution in [2.24, 2.45) is 0 Å². The van der Waals surface area contributed by atoms with Crippen LogP contribution in [0.3, 0.4) is 0 Å². The van der Waals surface area contributed by atoms with E-state index >= 15 is 0 Å². The SMILES string of the molecule is CCCCCCCCCCOc1ccc(C(=O)NNC(=O)c2ccc(OCCCCCCCCCC)cc2)cc1. The number of unbranched alkanes of at least 4 members (excludes halogenated alkanes) is 14. The highest BCUT2D eigenvalue weighted by Gasteiger charge is 2.10. The maximum atomic E-state index is 12.4. The van der Waals surface area contributed by atoms with E-state index in [1.54, 1.807) is 48.5 Å². The van der Waals surface area contributed by atoms with Crippen LogP contribution in [0.5, 0.6) is 11.5 Å². The van der Waals surface area contributed by atoms with Gasteiger partial charge in [-0.05, 0) is 61.4 Å². The van der Waals surface area contributed by atoms with Gasteiger partial charge < -0.3 is 9.47 Å². The van der Waals surface area contributed by atoms with Gasteiger partial charge >= 0.3 is 0 Å². The number of rotatable bonds is 22. The van der Waals surface area contributed by atoms with Crippen LogP contribution in [-0.4, -0.2) is 25.0 Å². The molecular weight excluding hydrogens is 500 g/mol.